The number of aryl methyl sites for hydroxylation is 1. The minimum atomic E-state index is 0.198. The van der Waals surface area contributed by atoms with E-state index in [1.54, 1.807) is 12.3 Å². The van der Waals surface area contributed by atoms with Crippen molar-refractivity contribution in [1.82, 2.24) is 15.4 Å². The third-order valence-corrected chi connectivity index (χ3v) is 1.15. The third-order valence-electron chi connectivity index (χ3n) is 1.15. The molecule has 10 heavy (non-hydrogen) atoms. The van der Waals surface area contributed by atoms with Crippen molar-refractivity contribution in [2.24, 2.45) is 0 Å². The molecule has 4 heteroatoms. The van der Waals surface area contributed by atoms with Gasteiger partial charge in [0.25, 0.3) is 0 Å². The van der Waals surface area contributed by atoms with Crippen molar-refractivity contribution in [3.05, 3.63) is 18.0 Å². The first-order valence-corrected chi connectivity index (χ1v) is 3.17. The van der Waals surface area contributed by atoms with E-state index in [4.69, 9.17) is 5.11 Å². The Bertz CT molecular complexity index is 178. The maximum absolute atomic E-state index is 8.46. The van der Waals surface area contributed by atoms with Crippen molar-refractivity contribution in [1.29, 1.82) is 0 Å². The number of aliphatic hydroxyl groups is 1. The molecule has 0 saturated heterocycles. The molecule has 0 amide bonds. The number of aromatic nitrogens is 3. The van der Waals surface area contributed by atoms with E-state index in [2.05, 4.69) is 15.4 Å². The first-order valence-electron chi connectivity index (χ1n) is 3.17. The molecule has 0 aliphatic carbocycles. The predicted octanol–water partition coefficient (Wildman–Crippen LogP) is -0.204. The third kappa shape index (κ3) is 2.06. The molecule has 0 spiro atoms. The van der Waals surface area contributed by atoms with Gasteiger partial charge in [-0.3, -0.25) is 0 Å². The second-order valence-corrected chi connectivity index (χ2v) is 1.94. The van der Waals surface area contributed by atoms with Crippen molar-refractivity contribution in [3.63, 3.8) is 0 Å². The lowest BCUT2D eigenvalue weighted by Gasteiger charge is -1.93. The maximum Gasteiger partial charge on any atom is 0.0665 e. The lowest BCUT2D eigenvalue weighted by molar-refractivity contribution is 0.288. The quantitative estimate of drug-likeness (QED) is 0.629. The fraction of sp³-hybridized carbons (Fsp3) is 0.500. The molecule has 1 aromatic rings. The Balaban J connectivity index is 2.43. The van der Waals surface area contributed by atoms with Crippen LogP contribution in [0.3, 0.4) is 0 Å². The zero-order chi connectivity index (χ0) is 7.23. The summed E-state index contributed by atoms with van der Waals surface area (Å²) in [4.78, 5) is 0. The van der Waals surface area contributed by atoms with E-state index < -0.39 is 0 Å². The zero-order valence-corrected chi connectivity index (χ0v) is 5.56. The first kappa shape index (κ1) is 7.08. The van der Waals surface area contributed by atoms with E-state index >= 15 is 0 Å². The fourth-order valence-electron chi connectivity index (χ4n) is 0.659. The van der Waals surface area contributed by atoms with Gasteiger partial charge in [0.05, 0.1) is 11.9 Å². The first-order chi connectivity index (χ1) is 4.93. The van der Waals surface area contributed by atoms with Crippen LogP contribution >= 0.6 is 0 Å². The van der Waals surface area contributed by atoms with Gasteiger partial charge in [0.15, 0.2) is 0 Å². The van der Waals surface area contributed by atoms with Crippen LogP contribution in [0.15, 0.2) is 12.3 Å². The van der Waals surface area contributed by atoms with Crippen LogP contribution in [0.4, 0.5) is 0 Å². The Labute approximate surface area is 58.9 Å². The number of aliphatic hydroxyl groups excluding tert-OH is 1. The summed E-state index contributed by atoms with van der Waals surface area (Å²) in [5, 5.41) is 19.2. The average molecular weight is 139 g/mol. The molecule has 1 N–H and O–H groups in total. The van der Waals surface area contributed by atoms with Gasteiger partial charge in [-0.25, -0.2) is 0 Å². The van der Waals surface area contributed by atoms with Crippen LogP contribution in [0.1, 0.15) is 12.1 Å². The molecule has 1 aromatic heterocycles. The van der Waals surface area contributed by atoms with E-state index in [1.165, 1.54) is 0 Å². The fourth-order valence-corrected chi connectivity index (χ4v) is 0.659. The normalized spacial score (nSPS) is 9.70. The molecule has 0 atom stereocenters. The molecule has 1 heterocycles. The van der Waals surface area contributed by atoms with E-state index in [1.807, 2.05) is 0 Å². The van der Waals surface area contributed by atoms with Gasteiger partial charge in [-0.05, 0) is 24.1 Å². The molecular formula is C6H9N3O. The van der Waals surface area contributed by atoms with Crippen molar-refractivity contribution in [2.75, 3.05) is 6.61 Å². The van der Waals surface area contributed by atoms with Crippen molar-refractivity contribution >= 4 is 0 Å². The summed E-state index contributed by atoms with van der Waals surface area (Å²) < 4.78 is 0. The van der Waals surface area contributed by atoms with E-state index in [0.717, 1.165) is 18.5 Å². The Kier molecular flexibility index (Phi) is 2.76. The zero-order valence-electron chi connectivity index (χ0n) is 5.56. The minimum Gasteiger partial charge on any atom is -0.396 e. The van der Waals surface area contributed by atoms with Crippen LogP contribution in [0.5, 0.6) is 0 Å². The molecule has 0 radical (unpaired) electrons. The summed E-state index contributed by atoms with van der Waals surface area (Å²) in [5.41, 5.74) is 0.879. The molecule has 0 aromatic carbocycles. The SMILES string of the molecule is OCCCc1ccnnn1. The maximum atomic E-state index is 8.46. The van der Waals surface area contributed by atoms with Crippen molar-refractivity contribution < 1.29 is 5.11 Å². The Morgan fingerprint density at radius 1 is 1.50 bits per heavy atom. The highest BCUT2D eigenvalue weighted by Crippen LogP contribution is 1.93. The van der Waals surface area contributed by atoms with Gasteiger partial charge in [0.1, 0.15) is 0 Å². The molecule has 0 saturated carbocycles. The summed E-state index contributed by atoms with van der Waals surface area (Å²) in [6.07, 6.45) is 3.10. The standard InChI is InChI=1S/C6H9N3O/c10-5-1-2-6-3-4-7-9-8-6/h3-4,10H,1-2,5H2. The lowest BCUT2D eigenvalue weighted by atomic mass is 10.2. The van der Waals surface area contributed by atoms with Gasteiger partial charge in [0, 0.05) is 6.61 Å². The molecular weight excluding hydrogens is 130 g/mol. The number of nitrogens with zero attached hydrogens (tertiary/aromatic N) is 3. The summed E-state index contributed by atoms with van der Waals surface area (Å²) in [6, 6.07) is 1.79. The molecule has 1 rings (SSSR count). The predicted molar refractivity (Wildman–Crippen MR) is 35.2 cm³/mol. The van der Waals surface area contributed by atoms with Gasteiger partial charge in [0.2, 0.25) is 0 Å². The van der Waals surface area contributed by atoms with Crippen LogP contribution in [-0.2, 0) is 6.42 Å². The van der Waals surface area contributed by atoms with E-state index in [9.17, 15) is 0 Å². The van der Waals surface area contributed by atoms with Crippen LogP contribution in [0.25, 0.3) is 0 Å². The highest BCUT2D eigenvalue weighted by Gasteiger charge is 1.91. The molecule has 0 aliphatic rings. The molecule has 0 bridgehead atoms. The van der Waals surface area contributed by atoms with Crippen LogP contribution in [0.2, 0.25) is 0 Å². The Morgan fingerprint density at radius 3 is 3.00 bits per heavy atom. The largest absolute Gasteiger partial charge is 0.396 e. The van der Waals surface area contributed by atoms with E-state index in [-0.39, 0.29) is 6.61 Å². The smallest absolute Gasteiger partial charge is 0.0665 e. The summed E-state index contributed by atoms with van der Waals surface area (Å²) in [5.74, 6) is 0. The molecule has 0 aliphatic heterocycles. The Morgan fingerprint density at radius 2 is 2.40 bits per heavy atom. The Hall–Kier alpha value is -1.03. The molecule has 0 fully saturated rings. The minimum absolute atomic E-state index is 0.198. The molecule has 4 nitrogen and oxygen atoms in total. The van der Waals surface area contributed by atoms with Gasteiger partial charge in [-0.15, -0.1) is 10.2 Å². The van der Waals surface area contributed by atoms with Gasteiger partial charge in [-0.1, -0.05) is 0 Å². The van der Waals surface area contributed by atoms with Gasteiger partial charge < -0.3 is 5.11 Å². The second-order valence-electron chi connectivity index (χ2n) is 1.94. The number of hydrogen-bond donors (Lipinski definition) is 1. The number of rotatable bonds is 3. The van der Waals surface area contributed by atoms with Gasteiger partial charge in [-0.2, -0.15) is 0 Å². The van der Waals surface area contributed by atoms with Crippen LogP contribution in [-0.4, -0.2) is 27.1 Å². The lowest BCUT2D eigenvalue weighted by Crippen LogP contribution is -1.95. The summed E-state index contributed by atoms with van der Waals surface area (Å²) in [7, 11) is 0. The summed E-state index contributed by atoms with van der Waals surface area (Å²) in [6.45, 7) is 0.198. The highest BCUT2D eigenvalue weighted by atomic mass is 16.2. The monoisotopic (exact) mass is 139 g/mol. The number of hydrogen-bond acceptors (Lipinski definition) is 4. The van der Waals surface area contributed by atoms with Crippen molar-refractivity contribution in [2.45, 2.75) is 12.8 Å². The highest BCUT2D eigenvalue weighted by molar-refractivity contribution is 4.94. The average Bonchev–Trinajstić information content (AvgIpc) is 2.03. The molecule has 54 valence electrons. The van der Waals surface area contributed by atoms with E-state index in [0.29, 0.717) is 0 Å². The molecule has 0 unspecified atom stereocenters. The van der Waals surface area contributed by atoms with Crippen molar-refractivity contribution in [3.8, 4) is 0 Å². The summed E-state index contributed by atoms with van der Waals surface area (Å²) >= 11 is 0. The van der Waals surface area contributed by atoms with Crippen LogP contribution < -0.4 is 0 Å². The van der Waals surface area contributed by atoms with Gasteiger partial charge >= 0.3 is 0 Å². The topological polar surface area (TPSA) is 58.9 Å². The van der Waals surface area contributed by atoms with Crippen LogP contribution in [0, 0.1) is 0 Å². The second kappa shape index (κ2) is 3.90.